The first-order chi connectivity index (χ1) is 37.6. The summed E-state index contributed by atoms with van der Waals surface area (Å²) in [5, 5.41) is 72.4. The molecule has 438 valence electrons. The second-order valence-corrected chi connectivity index (χ2v) is 19.7. The molecule has 0 aromatic rings. The van der Waals surface area contributed by atoms with Crippen molar-refractivity contribution in [2.24, 2.45) is 0 Å². The highest BCUT2D eigenvalue weighted by Gasteiger charge is 2.47. The monoisotopic (exact) mass is 1080 g/mol. The molecular weight excluding hydrogens is 981 g/mol. The van der Waals surface area contributed by atoms with E-state index >= 15 is 0 Å². The number of aliphatic hydroxyl groups excluding tert-OH is 7. The highest BCUT2D eigenvalue weighted by atomic mass is 16.7. The summed E-state index contributed by atoms with van der Waals surface area (Å²) in [5.74, 6) is -0.402. The molecule has 0 amide bonds. The molecule has 7 N–H and O–H groups in total. The molecule has 0 aliphatic carbocycles. The molecule has 2 aliphatic rings. The largest absolute Gasteiger partial charge is 0.457 e. The van der Waals surface area contributed by atoms with Crippen LogP contribution in [0.25, 0.3) is 0 Å². The van der Waals surface area contributed by atoms with E-state index in [4.69, 9.17) is 28.4 Å². The lowest BCUT2D eigenvalue weighted by atomic mass is 9.98. The number of carbonyl (C=O) groups excluding carboxylic acids is 1. The van der Waals surface area contributed by atoms with Gasteiger partial charge in [0.2, 0.25) is 0 Å². The summed E-state index contributed by atoms with van der Waals surface area (Å²) in [6.45, 7) is 3.36. The van der Waals surface area contributed by atoms with Gasteiger partial charge in [-0.25, -0.2) is 0 Å². The number of unbranched alkanes of at least 4 members (excludes halogenated alkanes) is 11. The molecule has 0 aromatic heterocycles. The van der Waals surface area contributed by atoms with Crippen molar-refractivity contribution in [1.82, 2.24) is 0 Å². The standard InChI is InChI=1S/C63H102O14/c1-3-5-7-9-11-13-15-17-19-21-23-25-26-27-28-30-32-34-36-38-40-42-44-46-55(65)75-52(49-72-47-45-43-41-39-37-35-33-31-29-24-22-20-18-16-14-12-10-8-6-4-2)50-73-62-61(71)59(69)57(67)54(77-62)51-74-63-60(70)58(68)56(66)53(48-64)76-63/h5-8,11-14,17-20,23-25,27-29,33,35,52-54,56-64,66-71H,3-4,9-10,15-16,21-22,26,30-32,34,36-51H2,1-2H3/b7-5-,8-6-,13-11-,14-12-,19-17-,20-18-,25-23-,28-27-,29-24-,35-33-. The van der Waals surface area contributed by atoms with Gasteiger partial charge in [-0.1, -0.05) is 180 Å². The van der Waals surface area contributed by atoms with Crippen LogP contribution >= 0.6 is 0 Å². The fourth-order valence-electron chi connectivity index (χ4n) is 8.34. The Hall–Kier alpha value is -3.61. The molecule has 77 heavy (non-hydrogen) atoms. The molecule has 0 spiro atoms. The van der Waals surface area contributed by atoms with Crippen LogP contribution in [-0.2, 0) is 33.2 Å². The van der Waals surface area contributed by atoms with Crippen molar-refractivity contribution in [3.05, 3.63) is 122 Å². The Labute approximate surface area is 463 Å². The molecule has 2 fully saturated rings. The van der Waals surface area contributed by atoms with E-state index in [0.717, 1.165) is 135 Å². The summed E-state index contributed by atoms with van der Waals surface area (Å²) in [6, 6.07) is 0. The van der Waals surface area contributed by atoms with Crippen molar-refractivity contribution in [3.63, 3.8) is 0 Å². The lowest BCUT2D eigenvalue weighted by Gasteiger charge is -2.42. The molecule has 0 aromatic carbocycles. The zero-order valence-electron chi connectivity index (χ0n) is 46.9. The minimum atomic E-state index is -1.72. The number of esters is 1. The number of hydrogen-bond acceptors (Lipinski definition) is 14. The first-order valence-electron chi connectivity index (χ1n) is 29.1. The predicted molar refractivity (Wildman–Crippen MR) is 307 cm³/mol. The van der Waals surface area contributed by atoms with E-state index in [-0.39, 0.29) is 19.6 Å². The van der Waals surface area contributed by atoms with Crippen LogP contribution in [0.5, 0.6) is 0 Å². The van der Waals surface area contributed by atoms with Crippen LogP contribution < -0.4 is 0 Å². The second kappa shape index (κ2) is 48.3. The molecule has 14 nitrogen and oxygen atoms in total. The van der Waals surface area contributed by atoms with Gasteiger partial charge in [-0.3, -0.25) is 4.79 Å². The third-order valence-electron chi connectivity index (χ3n) is 13.0. The summed E-state index contributed by atoms with van der Waals surface area (Å²) < 4.78 is 34.4. The summed E-state index contributed by atoms with van der Waals surface area (Å²) in [4.78, 5) is 13.1. The number of rotatable bonds is 45. The first kappa shape index (κ1) is 69.5. The molecule has 0 radical (unpaired) electrons. The van der Waals surface area contributed by atoms with Crippen molar-refractivity contribution in [3.8, 4) is 0 Å². The third kappa shape index (κ3) is 34.9. The van der Waals surface area contributed by atoms with Crippen LogP contribution in [-0.4, -0.2) is 142 Å². The third-order valence-corrected chi connectivity index (χ3v) is 13.0. The average molecular weight is 1080 g/mol. The Bertz CT molecular complexity index is 1730. The maximum atomic E-state index is 13.1. The Kier molecular flexibility index (Phi) is 43.6. The zero-order valence-corrected chi connectivity index (χ0v) is 46.9. The van der Waals surface area contributed by atoms with Gasteiger partial charge < -0.3 is 64.2 Å². The van der Waals surface area contributed by atoms with Gasteiger partial charge in [0.15, 0.2) is 12.6 Å². The Morgan fingerprint density at radius 1 is 0.429 bits per heavy atom. The number of ether oxygens (including phenoxy) is 6. The van der Waals surface area contributed by atoms with Crippen LogP contribution in [0.2, 0.25) is 0 Å². The summed E-state index contributed by atoms with van der Waals surface area (Å²) in [6.07, 6.45) is 51.1. The molecule has 2 heterocycles. The van der Waals surface area contributed by atoms with Gasteiger partial charge in [-0.15, -0.1) is 0 Å². The van der Waals surface area contributed by atoms with E-state index in [1.54, 1.807) is 0 Å². The fraction of sp³-hybridized carbons (Fsp3) is 0.667. The highest BCUT2D eigenvalue weighted by molar-refractivity contribution is 5.69. The summed E-state index contributed by atoms with van der Waals surface area (Å²) in [7, 11) is 0. The van der Waals surface area contributed by atoms with Crippen molar-refractivity contribution >= 4 is 5.97 Å². The smallest absolute Gasteiger partial charge is 0.306 e. The maximum absolute atomic E-state index is 13.1. The Balaban J connectivity index is 1.74. The highest BCUT2D eigenvalue weighted by Crippen LogP contribution is 2.26. The fourth-order valence-corrected chi connectivity index (χ4v) is 8.34. The molecule has 11 unspecified atom stereocenters. The van der Waals surface area contributed by atoms with Crippen molar-refractivity contribution in [1.29, 1.82) is 0 Å². The van der Waals surface area contributed by atoms with Crippen molar-refractivity contribution in [2.75, 3.05) is 33.0 Å². The van der Waals surface area contributed by atoms with E-state index < -0.39 is 86.7 Å². The van der Waals surface area contributed by atoms with Crippen molar-refractivity contribution in [2.45, 2.75) is 235 Å². The van der Waals surface area contributed by atoms with Crippen LogP contribution in [0.4, 0.5) is 0 Å². The van der Waals surface area contributed by atoms with E-state index in [1.807, 2.05) is 0 Å². The normalized spacial score (nSPS) is 25.2. The van der Waals surface area contributed by atoms with E-state index in [9.17, 15) is 40.5 Å². The number of aliphatic hydroxyl groups is 7. The lowest BCUT2D eigenvalue weighted by molar-refractivity contribution is -0.332. The minimum absolute atomic E-state index is 0.0308. The van der Waals surface area contributed by atoms with E-state index in [0.29, 0.717) is 13.0 Å². The van der Waals surface area contributed by atoms with Gasteiger partial charge in [0, 0.05) is 13.0 Å². The zero-order chi connectivity index (χ0) is 55.8. The predicted octanol–water partition coefficient (Wildman–Crippen LogP) is 10.5. The SMILES string of the molecule is CC/C=C\C/C=C\C/C=C\C/C=C\C/C=C\CCCCCCCCCC(=O)OC(COCCCCCC/C=C\C/C=C\C/C=C\C/C=C\C/C=C\CC)COC1OC(COC2OC(CO)C(O)C(O)C2O)C(O)C(O)C1O. The van der Waals surface area contributed by atoms with Crippen LogP contribution in [0.15, 0.2) is 122 Å². The Morgan fingerprint density at radius 2 is 0.805 bits per heavy atom. The molecule has 2 saturated heterocycles. The maximum Gasteiger partial charge on any atom is 0.306 e. The topological polar surface area (TPSA) is 214 Å². The number of hydrogen-bond donors (Lipinski definition) is 7. The minimum Gasteiger partial charge on any atom is -0.457 e. The van der Waals surface area contributed by atoms with Crippen LogP contribution in [0.3, 0.4) is 0 Å². The van der Waals surface area contributed by atoms with Gasteiger partial charge in [-0.2, -0.15) is 0 Å². The van der Waals surface area contributed by atoms with E-state index in [1.165, 1.54) is 6.42 Å². The van der Waals surface area contributed by atoms with Crippen LogP contribution in [0.1, 0.15) is 168 Å². The van der Waals surface area contributed by atoms with Crippen molar-refractivity contribution < 1.29 is 69.0 Å². The van der Waals surface area contributed by atoms with Crippen LogP contribution in [0, 0.1) is 0 Å². The second-order valence-electron chi connectivity index (χ2n) is 19.7. The first-order valence-corrected chi connectivity index (χ1v) is 29.1. The van der Waals surface area contributed by atoms with Gasteiger partial charge in [0.05, 0.1) is 26.4 Å². The lowest BCUT2D eigenvalue weighted by Crippen LogP contribution is -2.61. The molecule has 2 rings (SSSR count). The quantitative estimate of drug-likeness (QED) is 0.0172. The summed E-state index contributed by atoms with van der Waals surface area (Å²) in [5.41, 5.74) is 0. The number of carbonyl (C=O) groups is 1. The molecule has 0 bridgehead atoms. The summed E-state index contributed by atoms with van der Waals surface area (Å²) >= 11 is 0. The van der Waals surface area contributed by atoms with Gasteiger partial charge >= 0.3 is 5.97 Å². The van der Waals surface area contributed by atoms with Gasteiger partial charge in [-0.05, 0) is 103 Å². The van der Waals surface area contributed by atoms with Gasteiger partial charge in [0.25, 0.3) is 0 Å². The van der Waals surface area contributed by atoms with E-state index in [2.05, 4.69) is 135 Å². The number of allylic oxidation sites excluding steroid dienone is 20. The Morgan fingerprint density at radius 3 is 1.26 bits per heavy atom. The average Bonchev–Trinajstić information content (AvgIpc) is 3.43. The van der Waals surface area contributed by atoms with Gasteiger partial charge in [0.1, 0.15) is 54.9 Å². The molecule has 2 aliphatic heterocycles. The molecule has 0 saturated carbocycles. The molecule has 11 atom stereocenters. The molecular formula is C63H102O14. The molecule has 14 heteroatoms.